The van der Waals surface area contributed by atoms with Crippen molar-refractivity contribution in [2.45, 2.75) is 45.1 Å². The summed E-state index contributed by atoms with van der Waals surface area (Å²) in [5.41, 5.74) is 2.91. The zero-order chi connectivity index (χ0) is 19.2. The van der Waals surface area contributed by atoms with Gasteiger partial charge in [0.05, 0.1) is 12.3 Å². The first-order valence-electron chi connectivity index (χ1n) is 8.67. The highest BCUT2D eigenvalue weighted by molar-refractivity contribution is 7.93. The fourth-order valence-corrected chi connectivity index (χ4v) is 5.86. The summed E-state index contributed by atoms with van der Waals surface area (Å²) in [4.78, 5) is 12.6. The van der Waals surface area contributed by atoms with Gasteiger partial charge in [0.1, 0.15) is 10.5 Å². The Morgan fingerprint density at radius 3 is 2.54 bits per heavy atom. The molecular weight excluding hydrogens is 352 g/mol. The summed E-state index contributed by atoms with van der Waals surface area (Å²) < 4.78 is 35.6. The van der Waals surface area contributed by atoms with Crippen LogP contribution in [-0.4, -0.2) is 31.6 Å². The van der Waals surface area contributed by atoms with E-state index in [9.17, 15) is 13.2 Å². The Morgan fingerprint density at radius 1 is 1.23 bits per heavy atom. The summed E-state index contributed by atoms with van der Waals surface area (Å²) >= 11 is 0. The molecule has 3 rings (SSSR count). The number of para-hydroxylation sites is 1. The highest BCUT2D eigenvalue weighted by atomic mass is 32.2. The van der Waals surface area contributed by atoms with Crippen LogP contribution >= 0.6 is 0 Å². The monoisotopic (exact) mass is 376 g/mol. The second kappa shape index (κ2) is 6.46. The highest BCUT2D eigenvalue weighted by Gasteiger charge is 2.41. The van der Waals surface area contributed by atoms with E-state index in [-0.39, 0.29) is 23.1 Å². The molecule has 2 heterocycles. The minimum atomic E-state index is -3.92. The Labute approximate surface area is 154 Å². The van der Waals surface area contributed by atoms with Gasteiger partial charge in [-0.3, -0.25) is 4.31 Å². The van der Waals surface area contributed by atoms with Crippen molar-refractivity contribution in [3.05, 3.63) is 46.8 Å². The van der Waals surface area contributed by atoms with E-state index >= 15 is 0 Å². The number of benzene rings is 1. The summed E-state index contributed by atoms with van der Waals surface area (Å²) in [5.74, 6) is -0.604. The van der Waals surface area contributed by atoms with Gasteiger partial charge in [-0.25, -0.2) is 13.2 Å². The Hall–Kier alpha value is -2.28. The van der Waals surface area contributed by atoms with Crippen LogP contribution in [0.4, 0.5) is 5.69 Å². The van der Waals surface area contributed by atoms with E-state index in [0.29, 0.717) is 23.5 Å². The molecule has 140 valence electrons. The van der Waals surface area contributed by atoms with Gasteiger partial charge in [0.2, 0.25) is 0 Å². The predicted octanol–water partition coefficient (Wildman–Crippen LogP) is 2.96. The molecule has 0 N–H and O–H groups in total. The largest absolute Gasteiger partial charge is 0.462 e. The first-order valence-corrected chi connectivity index (χ1v) is 10.1. The molecule has 6 nitrogen and oxygen atoms in total. The molecule has 1 aromatic carbocycles. The Morgan fingerprint density at radius 2 is 1.88 bits per heavy atom. The molecule has 0 unspecified atom stereocenters. The van der Waals surface area contributed by atoms with Crippen LogP contribution in [0, 0.1) is 13.8 Å². The predicted molar refractivity (Wildman–Crippen MR) is 100 cm³/mol. The number of hydrogen-bond donors (Lipinski definition) is 0. The molecule has 0 amide bonds. The van der Waals surface area contributed by atoms with E-state index in [1.165, 1.54) is 4.31 Å². The van der Waals surface area contributed by atoms with E-state index < -0.39 is 16.0 Å². The van der Waals surface area contributed by atoms with Gasteiger partial charge in [-0.2, -0.15) is 0 Å². The third-order valence-corrected chi connectivity index (χ3v) is 7.15. The Bertz CT molecular complexity index is 976. The van der Waals surface area contributed by atoms with Crippen LogP contribution in [0.2, 0.25) is 0 Å². The number of nitrogens with zero attached hydrogens (tertiary/aromatic N) is 2. The van der Waals surface area contributed by atoms with Gasteiger partial charge in [0.25, 0.3) is 10.0 Å². The molecule has 0 radical (unpaired) electrons. The van der Waals surface area contributed by atoms with Crippen LogP contribution < -0.4 is 4.31 Å². The minimum Gasteiger partial charge on any atom is -0.462 e. The molecule has 1 aliphatic rings. The molecule has 0 fully saturated rings. The van der Waals surface area contributed by atoms with Gasteiger partial charge >= 0.3 is 5.97 Å². The quantitative estimate of drug-likeness (QED) is 0.770. The molecular formula is C19H24N2O4S. The Kier molecular flexibility index (Phi) is 4.60. The number of esters is 1. The van der Waals surface area contributed by atoms with Crippen molar-refractivity contribution < 1.29 is 17.9 Å². The smallest absolute Gasteiger partial charge is 0.341 e. The Balaban J connectivity index is 2.23. The number of hydrogen-bond acceptors (Lipinski definition) is 4. The van der Waals surface area contributed by atoms with E-state index in [0.717, 1.165) is 5.56 Å². The second-order valence-electron chi connectivity index (χ2n) is 6.64. The van der Waals surface area contributed by atoms with Gasteiger partial charge in [-0.15, -0.1) is 0 Å². The average molecular weight is 376 g/mol. The number of anilines is 1. The number of sulfonamides is 1. The van der Waals surface area contributed by atoms with Crippen molar-refractivity contribution in [1.82, 2.24) is 4.57 Å². The van der Waals surface area contributed by atoms with E-state index in [4.69, 9.17) is 4.74 Å². The lowest BCUT2D eigenvalue weighted by atomic mass is 10.1. The van der Waals surface area contributed by atoms with Gasteiger partial charge in [-0.1, -0.05) is 18.2 Å². The van der Waals surface area contributed by atoms with Crippen molar-refractivity contribution in [2.24, 2.45) is 7.05 Å². The van der Waals surface area contributed by atoms with Gasteiger partial charge in [0, 0.05) is 24.5 Å². The lowest BCUT2D eigenvalue weighted by molar-refractivity contribution is 0.0521. The van der Waals surface area contributed by atoms with Crippen molar-refractivity contribution >= 4 is 21.7 Å². The van der Waals surface area contributed by atoms with Crippen LogP contribution in [0.5, 0.6) is 0 Å². The zero-order valence-corrected chi connectivity index (χ0v) is 16.6. The molecule has 0 saturated carbocycles. The van der Waals surface area contributed by atoms with Gasteiger partial charge < -0.3 is 9.30 Å². The molecule has 7 heteroatoms. The van der Waals surface area contributed by atoms with E-state index in [1.54, 1.807) is 32.4 Å². The zero-order valence-electron chi connectivity index (χ0n) is 15.7. The van der Waals surface area contributed by atoms with Crippen LogP contribution in [-0.2, 0) is 28.2 Å². The third-order valence-electron chi connectivity index (χ3n) is 5.06. The summed E-state index contributed by atoms with van der Waals surface area (Å²) in [6.07, 6.45) is 0.648. The number of aromatic nitrogens is 1. The van der Waals surface area contributed by atoms with Gasteiger partial charge in [0.15, 0.2) is 0 Å². The second-order valence-corrected chi connectivity index (χ2v) is 8.39. The fraction of sp³-hybridized carbons (Fsp3) is 0.421. The fourth-order valence-electron chi connectivity index (χ4n) is 3.68. The molecule has 1 aliphatic heterocycles. The normalized spacial score (nSPS) is 16.7. The number of carbonyl (C=O) groups excluding carboxylic acids is 1. The summed E-state index contributed by atoms with van der Waals surface area (Å²) in [6.45, 7) is 7.23. The average Bonchev–Trinajstić information content (AvgIpc) is 3.04. The maximum absolute atomic E-state index is 13.6. The minimum absolute atomic E-state index is 0.0412. The first-order chi connectivity index (χ1) is 12.2. The number of carbonyl (C=O) groups is 1. The standard InChI is InChI=1S/C19H24N2O4S/c1-6-25-19(22)17-13(3)20(5)14(4)18(17)26(23,24)21-12(2)11-15-9-7-8-10-16(15)21/h7-10,12H,6,11H2,1-5H3/t12-/m0/s1. The van der Waals surface area contributed by atoms with Crippen LogP contribution in [0.15, 0.2) is 29.2 Å². The van der Waals surface area contributed by atoms with Crippen molar-refractivity contribution in [3.8, 4) is 0 Å². The van der Waals surface area contributed by atoms with Crippen LogP contribution in [0.3, 0.4) is 0 Å². The lowest BCUT2D eigenvalue weighted by Gasteiger charge is -2.25. The topological polar surface area (TPSA) is 68.6 Å². The van der Waals surface area contributed by atoms with Crippen molar-refractivity contribution in [3.63, 3.8) is 0 Å². The van der Waals surface area contributed by atoms with Gasteiger partial charge in [-0.05, 0) is 45.7 Å². The number of fused-ring (bicyclic) bond motifs is 1. The summed E-state index contributed by atoms with van der Waals surface area (Å²) in [5, 5.41) is 0. The third kappa shape index (κ3) is 2.61. The SMILES string of the molecule is CCOC(=O)c1c(S(=O)(=O)N2c3ccccc3C[C@@H]2C)c(C)n(C)c1C. The summed E-state index contributed by atoms with van der Waals surface area (Å²) in [6, 6.07) is 7.27. The molecule has 0 bridgehead atoms. The number of rotatable bonds is 4. The van der Waals surface area contributed by atoms with Crippen LogP contribution in [0.1, 0.15) is 41.2 Å². The lowest BCUT2D eigenvalue weighted by Crippen LogP contribution is -2.36. The number of ether oxygens (including phenoxy) is 1. The molecule has 26 heavy (non-hydrogen) atoms. The van der Waals surface area contributed by atoms with E-state index in [1.807, 2.05) is 31.2 Å². The van der Waals surface area contributed by atoms with Crippen molar-refractivity contribution in [2.75, 3.05) is 10.9 Å². The maximum Gasteiger partial charge on any atom is 0.341 e. The molecule has 0 spiro atoms. The highest BCUT2D eigenvalue weighted by Crippen LogP contribution is 2.39. The first kappa shape index (κ1) is 18.5. The molecule has 0 saturated heterocycles. The van der Waals surface area contributed by atoms with E-state index in [2.05, 4.69) is 0 Å². The maximum atomic E-state index is 13.6. The summed E-state index contributed by atoms with van der Waals surface area (Å²) in [7, 11) is -2.16. The molecule has 1 atom stereocenters. The van der Waals surface area contributed by atoms with Crippen LogP contribution in [0.25, 0.3) is 0 Å². The van der Waals surface area contributed by atoms with Crippen molar-refractivity contribution in [1.29, 1.82) is 0 Å². The molecule has 2 aromatic rings. The molecule has 0 aliphatic carbocycles. The molecule has 1 aromatic heterocycles.